The van der Waals surface area contributed by atoms with E-state index in [1.165, 1.54) is 29.0 Å². The molecule has 0 aliphatic carbocycles. The molecule has 28 heavy (non-hydrogen) atoms. The van der Waals surface area contributed by atoms with Gasteiger partial charge in [-0.05, 0) is 50.1 Å². The Morgan fingerprint density at radius 2 is 1.93 bits per heavy atom. The quantitative estimate of drug-likeness (QED) is 0.561. The van der Waals surface area contributed by atoms with Gasteiger partial charge < -0.3 is 10.1 Å². The molecule has 1 amide bonds. The second-order valence-corrected chi connectivity index (χ2v) is 7.08. The van der Waals surface area contributed by atoms with E-state index in [0.29, 0.717) is 16.9 Å². The maximum Gasteiger partial charge on any atom is 0.331 e. The average Bonchev–Trinajstić information content (AvgIpc) is 2.92. The van der Waals surface area contributed by atoms with Gasteiger partial charge >= 0.3 is 5.97 Å². The monoisotopic (exact) mass is 407 g/mol. The van der Waals surface area contributed by atoms with Crippen molar-refractivity contribution in [3.8, 4) is 5.69 Å². The number of aryl methyl sites for hydroxylation is 1. The first-order valence-electron chi connectivity index (χ1n) is 8.84. The molecule has 8 heteroatoms. The second-order valence-electron chi connectivity index (χ2n) is 6.72. The van der Waals surface area contributed by atoms with Crippen LogP contribution in [-0.2, 0) is 14.3 Å². The summed E-state index contributed by atoms with van der Waals surface area (Å²) < 4.78 is 19.5. The zero-order valence-corrected chi connectivity index (χ0v) is 17.0. The first-order valence-corrected chi connectivity index (χ1v) is 9.22. The third-order valence-corrected chi connectivity index (χ3v) is 4.60. The Hall–Kier alpha value is -2.67. The molecule has 1 aromatic carbocycles. The predicted molar refractivity (Wildman–Crippen MR) is 106 cm³/mol. The molecule has 6 nitrogen and oxygen atoms in total. The van der Waals surface area contributed by atoms with Gasteiger partial charge in [0.1, 0.15) is 11.0 Å². The number of amides is 1. The van der Waals surface area contributed by atoms with Crippen molar-refractivity contribution in [2.75, 3.05) is 6.61 Å². The maximum atomic E-state index is 13.1. The highest BCUT2D eigenvalue weighted by Crippen LogP contribution is 2.24. The average molecular weight is 408 g/mol. The Bertz CT molecular complexity index is 876. The van der Waals surface area contributed by atoms with E-state index in [0.717, 1.165) is 0 Å². The van der Waals surface area contributed by atoms with E-state index in [4.69, 9.17) is 16.3 Å². The van der Waals surface area contributed by atoms with Crippen molar-refractivity contribution in [1.82, 2.24) is 15.1 Å². The summed E-state index contributed by atoms with van der Waals surface area (Å²) in [7, 11) is 0. The molecule has 0 radical (unpaired) electrons. The SMILES string of the molecule is Cc1nn(-c2ccc(F)cc2)c(Cl)c1/C=C/C(=O)OCC(=O)N[C@H](C)C(C)C. The fourth-order valence-electron chi connectivity index (χ4n) is 2.25. The number of nitrogens with one attached hydrogen (secondary N) is 1. The number of halogens is 2. The zero-order chi connectivity index (χ0) is 20.8. The second kappa shape index (κ2) is 9.50. The van der Waals surface area contributed by atoms with Crippen molar-refractivity contribution in [3.63, 3.8) is 0 Å². The van der Waals surface area contributed by atoms with Crippen molar-refractivity contribution in [1.29, 1.82) is 0 Å². The Morgan fingerprint density at radius 1 is 1.29 bits per heavy atom. The number of ether oxygens (including phenoxy) is 1. The molecule has 1 atom stereocenters. The summed E-state index contributed by atoms with van der Waals surface area (Å²) in [6.07, 6.45) is 2.66. The lowest BCUT2D eigenvalue weighted by Crippen LogP contribution is -2.38. The van der Waals surface area contributed by atoms with Gasteiger partial charge in [-0.15, -0.1) is 0 Å². The first kappa shape index (κ1) is 21.6. The molecule has 0 aliphatic rings. The molecule has 0 fully saturated rings. The molecule has 0 bridgehead atoms. The molecule has 0 unspecified atom stereocenters. The highest BCUT2D eigenvalue weighted by Gasteiger charge is 2.14. The number of carbonyl (C=O) groups is 2. The molecule has 150 valence electrons. The van der Waals surface area contributed by atoms with Crippen molar-refractivity contribution >= 4 is 29.6 Å². The summed E-state index contributed by atoms with van der Waals surface area (Å²) >= 11 is 6.34. The van der Waals surface area contributed by atoms with Gasteiger partial charge in [-0.25, -0.2) is 13.9 Å². The third-order valence-electron chi connectivity index (χ3n) is 4.24. The van der Waals surface area contributed by atoms with Gasteiger partial charge in [0.25, 0.3) is 5.91 Å². The molecular weight excluding hydrogens is 385 g/mol. The van der Waals surface area contributed by atoms with E-state index < -0.39 is 5.97 Å². The van der Waals surface area contributed by atoms with Gasteiger partial charge in [-0.2, -0.15) is 5.10 Å². The normalized spacial score (nSPS) is 12.4. The molecule has 2 rings (SSSR count). The minimum atomic E-state index is -0.669. The van der Waals surface area contributed by atoms with Crippen molar-refractivity contribution < 1.29 is 18.7 Å². The fourth-order valence-corrected chi connectivity index (χ4v) is 2.59. The lowest BCUT2D eigenvalue weighted by molar-refractivity contribution is -0.144. The molecule has 0 saturated heterocycles. The van der Waals surface area contributed by atoms with Crippen LogP contribution in [0.1, 0.15) is 32.0 Å². The molecule has 2 aromatic rings. The molecule has 1 heterocycles. The summed E-state index contributed by atoms with van der Waals surface area (Å²) in [5.74, 6) is -1.11. The van der Waals surface area contributed by atoms with E-state index in [1.54, 1.807) is 19.1 Å². The summed E-state index contributed by atoms with van der Waals surface area (Å²) in [5.41, 5.74) is 1.70. The van der Waals surface area contributed by atoms with Crippen LogP contribution in [0.15, 0.2) is 30.3 Å². The standard InChI is InChI=1S/C20H23ClFN3O3/c1-12(2)13(3)23-18(26)11-28-19(27)10-9-17-14(4)24-25(20(17)21)16-7-5-15(22)6-8-16/h5-10,12-13H,11H2,1-4H3,(H,23,26)/b10-9+/t13-/m1/s1. The van der Waals surface area contributed by atoms with Gasteiger partial charge in [-0.3, -0.25) is 4.79 Å². The van der Waals surface area contributed by atoms with Crippen LogP contribution < -0.4 is 5.32 Å². The van der Waals surface area contributed by atoms with Crippen molar-refractivity contribution in [2.24, 2.45) is 5.92 Å². The number of hydrogen-bond donors (Lipinski definition) is 1. The smallest absolute Gasteiger partial charge is 0.331 e. The molecule has 0 aliphatic heterocycles. The number of hydrogen-bond acceptors (Lipinski definition) is 4. The summed E-state index contributed by atoms with van der Waals surface area (Å²) in [6, 6.07) is 5.69. The fraction of sp³-hybridized carbons (Fsp3) is 0.350. The molecule has 0 saturated carbocycles. The van der Waals surface area contributed by atoms with Crippen LogP contribution >= 0.6 is 11.6 Å². The zero-order valence-electron chi connectivity index (χ0n) is 16.2. The maximum absolute atomic E-state index is 13.1. The third kappa shape index (κ3) is 5.66. The molecule has 1 aromatic heterocycles. The number of nitrogens with zero attached hydrogens (tertiary/aromatic N) is 2. The Balaban J connectivity index is 2.01. The van der Waals surface area contributed by atoms with Gasteiger partial charge in [0.05, 0.1) is 11.4 Å². The van der Waals surface area contributed by atoms with Crippen LogP contribution in [0, 0.1) is 18.7 Å². The van der Waals surface area contributed by atoms with Gasteiger partial charge in [0.15, 0.2) is 6.61 Å². The van der Waals surface area contributed by atoms with E-state index >= 15 is 0 Å². The van der Waals surface area contributed by atoms with Crippen LogP contribution in [0.2, 0.25) is 5.15 Å². The van der Waals surface area contributed by atoms with Crippen molar-refractivity contribution in [2.45, 2.75) is 33.7 Å². The van der Waals surface area contributed by atoms with Crippen LogP contribution in [0.4, 0.5) is 4.39 Å². The summed E-state index contributed by atoms with van der Waals surface area (Å²) in [4.78, 5) is 23.6. The number of aromatic nitrogens is 2. The minimum Gasteiger partial charge on any atom is -0.452 e. The summed E-state index contributed by atoms with van der Waals surface area (Å²) in [5, 5.41) is 7.33. The highest BCUT2D eigenvalue weighted by molar-refractivity contribution is 6.31. The Labute approximate surface area is 168 Å². The molecular formula is C20H23ClFN3O3. The Morgan fingerprint density at radius 3 is 2.54 bits per heavy atom. The van der Waals surface area contributed by atoms with Gasteiger partial charge in [-0.1, -0.05) is 25.4 Å². The van der Waals surface area contributed by atoms with Crippen LogP contribution in [0.25, 0.3) is 11.8 Å². The minimum absolute atomic E-state index is 0.0134. The van der Waals surface area contributed by atoms with E-state index in [1.807, 2.05) is 20.8 Å². The van der Waals surface area contributed by atoms with E-state index in [9.17, 15) is 14.0 Å². The van der Waals surface area contributed by atoms with Gasteiger partial charge in [0, 0.05) is 17.7 Å². The van der Waals surface area contributed by atoms with E-state index in [2.05, 4.69) is 10.4 Å². The highest BCUT2D eigenvalue weighted by atomic mass is 35.5. The van der Waals surface area contributed by atoms with Crippen LogP contribution in [-0.4, -0.2) is 34.3 Å². The molecule has 0 spiro atoms. The lowest BCUT2D eigenvalue weighted by atomic mass is 10.1. The number of benzene rings is 1. The van der Waals surface area contributed by atoms with Crippen LogP contribution in [0.3, 0.4) is 0 Å². The van der Waals surface area contributed by atoms with Crippen LogP contribution in [0.5, 0.6) is 0 Å². The van der Waals surface area contributed by atoms with E-state index in [-0.39, 0.29) is 35.4 Å². The topological polar surface area (TPSA) is 73.2 Å². The van der Waals surface area contributed by atoms with Crippen molar-refractivity contribution in [3.05, 3.63) is 52.6 Å². The summed E-state index contributed by atoms with van der Waals surface area (Å²) in [6.45, 7) is 7.23. The first-order chi connectivity index (χ1) is 13.2. The largest absolute Gasteiger partial charge is 0.452 e. The Kier molecular flexibility index (Phi) is 7.34. The lowest BCUT2D eigenvalue weighted by Gasteiger charge is -2.16. The predicted octanol–water partition coefficient (Wildman–Crippen LogP) is 3.69. The van der Waals surface area contributed by atoms with Gasteiger partial charge in [0.2, 0.25) is 0 Å². The number of carbonyl (C=O) groups excluding carboxylic acids is 2. The molecule has 1 N–H and O–H groups in total. The number of esters is 1. The number of rotatable bonds is 7.